The van der Waals surface area contributed by atoms with Crippen LogP contribution in [0, 0.1) is 0 Å². The minimum Gasteiger partial charge on any atom is -0.493 e. The van der Waals surface area contributed by atoms with Crippen LogP contribution in [0.4, 0.5) is 0 Å². The van der Waals surface area contributed by atoms with Crippen LogP contribution in [0.15, 0.2) is 16.6 Å². The maximum Gasteiger partial charge on any atom is 0.127 e. The number of methoxy groups -OCH3 is 1. The molecule has 0 saturated heterocycles. The van der Waals surface area contributed by atoms with Crippen molar-refractivity contribution in [1.29, 1.82) is 0 Å². The van der Waals surface area contributed by atoms with Gasteiger partial charge in [0.05, 0.1) is 17.6 Å². The standard InChI is InChI=1S/C15H18BrClO2/c1-18-15(4-2-5-15)9-13(17)12-8-11(16)7-10-3-6-19-14(10)12/h7-8,13H,2-6,9H2,1H3. The number of halogens is 2. The Morgan fingerprint density at radius 1 is 1.47 bits per heavy atom. The van der Waals surface area contributed by atoms with Crippen LogP contribution in [0.25, 0.3) is 0 Å². The Morgan fingerprint density at radius 3 is 2.89 bits per heavy atom. The van der Waals surface area contributed by atoms with Crippen molar-refractivity contribution in [3.8, 4) is 5.75 Å². The van der Waals surface area contributed by atoms with Crippen molar-refractivity contribution in [3.05, 3.63) is 27.7 Å². The second kappa shape index (κ2) is 5.27. The van der Waals surface area contributed by atoms with Crippen molar-refractivity contribution in [2.24, 2.45) is 0 Å². The summed E-state index contributed by atoms with van der Waals surface area (Å²) in [4.78, 5) is 0. The molecule has 1 atom stereocenters. The van der Waals surface area contributed by atoms with E-state index in [0.29, 0.717) is 0 Å². The van der Waals surface area contributed by atoms with Gasteiger partial charge in [-0.15, -0.1) is 11.6 Å². The summed E-state index contributed by atoms with van der Waals surface area (Å²) in [5.41, 5.74) is 2.35. The van der Waals surface area contributed by atoms with Crippen molar-refractivity contribution >= 4 is 27.5 Å². The highest BCUT2D eigenvalue weighted by atomic mass is 79.9. The van der Waals surface area contributed by atoms with Gasteiger partial charge in [0.1, 0.15) is 5.75 Å². The summed E-state index contributed by atoms with van der Waals surface area (Å²) < 4.78 is 12.5. The summed E-state index contributed by atoms with van der Waals surface area (Å²) in [5.74, 6) is 0.994. The predicted octanol–water partition coefficient (Wildman–Crippen LogP) is 4.62. The van der Waals surface area contributed by atoms with Crippen LogP contribution in [-0.2, 0) is 11.2 Å². The lowest BCUT2D eigenvalue weighted by molar-refractivity contribution is -0.0780. The van der Waals surface area contributed by atoms with E-state index in [2.05, 4.69) is 28.1 Å². The molecule has 0 bridgehead atoms. The molecule has 1 unspecified atom stereocenters. The molecule has 19 heavy (non-hydrogen) atoms. The highest BCUT2D eigenvalue weighted by Gasteiger charge is 2.39. The minimum absolute atomic E-state index is 0.0137. The third kappa shape index (κ3) is 2.53. The number of ether oxygens (including phenoxy) is 2. The van der Waals surface area contributed by atoms with E-state index in [1.54, 1.807) is 7.11 Å². The molecule has 2 aliphatic rings. The van der Waals surface area contributed by atoms with Crippen molar-refractivity contribution in [2.75, 3.05) is 13.7 Å². The summed E-state index contributed by atoms with van der Waals surface area (Å²) in [5, 5.41) is -0.0513. The van der Waals surface area contributed by atoms with Gasteiger partial charge < -0.3 is 9.47 Å². The third-order valence-electron chi connectivity index (χ3n) is 4.36. The third-order valence-corrected chi connectivity index (χ3v) is 5.21. The van der Waals surface area contributed by atoms with Gasteiger partial charge in [-0.05, 0) is 43.4 Å². The Morgan fingerprint density at radius 2 is 2.26 bits per heavy atom. The molecule has 3 rings (SSSR count). The van der Waals surface area contributed by atoms with Crippen molar-refractivity contribution < 1.29 is 9.47 Å². The molecule has 0 N–H and O–H groups in total. The zero-order chi connectivity index (χ0) is 13.5. The van der Waals surface area contributed by atoms with Gasteiger partial charge in [-0.25, -0.2) is 0 Å². The number of hydrogen-bond donors (Lipinski definition) is 0. The SMILES string of the molecule is COC1(CC(Cl)c2cc(Br)cc3c2OCC3)CCC1. The number of benzene rings is 1. The molecule has 0 amide bonds. The van der Waals surface area contributed by atoms with Gasteiger partial charge in [0, 0.05) is 23.6 Å². The van der Waals surface area contributed by atoms with Crippen LogP contribution in [-0.4, -0.2) is 19.3 Å². The van der Waals surface area contributed by atoms with Gasteiger partial charge in [0.2, 0.25) is 0 Å². The van der Waals surface area contributed by atoms with Gasteiger partial charge in [-0.3, -0.25) is 0 Å². The quantitative estimate of drug-likeness (QED) is 0.741. The van der Waals surface area contributed by atoms with E-state index in [4.69, 9.17) is 21.1 Å². The smallest absolute Gasteiger partial charge is 0.127 e. The molecule has 1 aromatic rings. The van der Waals surface area contributed by atoms with Crippen LogP contribution in [0.3, 0.4) is 0 Å². The lowest BCUT2D eigenvalue weighted by atomic mass is 9.76. The Hall–Kier alpha value is -0.250. The summed E-state index contributed by atoms with van der Waals surface area (Å²) in [6.07, 6.45) is 5.30. The molecule has 1 fully saturated rings. The molecular weight excluding hydrogens is 328 g/mol. The molecule has 1 aromatic carbocycles. The molecule has 1 heterocycles. The Balaban J connectivity index is 1.85. The normalized spacial score (nSPS) is 21.4. The second-order valence-corrected chi connectivity index (χ2v) is 6.94. The van der Waals surface area contributed by atoms with E-state index >= 15 is 0 Å². The molecule has 4 heteroatoms. The molecule has 0 spiro atoms. The van der Waals surface area contributed by atoms with Crippen LogP contribution < -0.4 is 4.74 Å². The van der Waals surface area contributed by atoms with Crippen LogP contribution in [0.2, 0.25) is 0 Å². The molecule has 1 saturated carbocycles. The highest BCUT2D eigenvalue weighted by molar-refractivity contribution is 9.10. The molecule has 104 valence electrons. The summed E-state index contributed by atoms with van der Waals surface area (Å²) in [6, 6.07) is 4.22. The first-order valence-corrected chi connectivity index (χ1v) is 8.01. The molecule has 0 aromatic heterocycles. The fraction of sp³-hybridized carbons (Fsp3) is 0.600. The fourth-order valence-corrected chi connectivity index (χ4v) is 4.00. The molecule has 2 nitrogen and oxygen atoms in total. The van der Waals surface area contributed by atoms with E-state index in [1.807, 2.05) is 0 Å². The first-order chi connectivity index (χ1) is 9.13. The van der Waals surface area contributed by atoms with Gasteiger partial charge in [0.25, 0.3) is 0 Å². The largest absolute Gasteiger partial charge is 0.493 e. The van der Waals surface area contributed by atoms with Crippen LogP contribution in [0.1, 0.15) is 42.2 Å². The zero-order valence-corrected chi connectivity index (χ0v) is 13.4. The van der Waals surface area contributed by atoms with E-state index in [1.165, 1.54) is 12.0 Å². The highest BCUT2D eigenvalue weighted by Crippen LogP contribution is 2.47. The maximum absolute atomic E-state index is 6.66. The van der Waals surface area contributed by atoms with E-state index in [-0.39, 0.29) is 11.0 Å². The Labute approximate surface area is 127 Å². The molecule has 0 radical (unpaired) electrons. The predicted molar refractivity (Wildman–Crippen MR) is 80.1 cm³/mol. The zero-order valence-electron chi connectivity index (χ0n) is 11.0. The molecular formula is C15H18BrClO2. The van der Waals surface area contributed by atoms with Crippen LogP contribution in [0.5, 0.6) is 5.75 Å². The van der Waals surface area contributed by atoms with Gasteiger partial charge in [-0.1, -0.05) is 15.9 Å². The van der Waals surface area contributed by atoms with Gasteiger partial charge in [0.15, 0.2) is 0 Å². The fourth-order valence-electron chi connectivity index (χ4n) is 3.03. The first kappa shape index (κ1) is 13.7. The number of alkyl halides is 1. The first-order valence-electron chi connectivity index (χ1n) is 6.78. The number of hydrogen-bond acceptors (Lipinski definition) is 2. The number of rotatable bonds is 4. The van der Waals surface area contributed by atoms with Crippen molar-refractivity contribution in [2.45, 2.75) is 43.1 Å². The average molecular weight is 346 g/mol. The molecule has 1 aliphatic heterocycles. The van der Waals surface area contributed by atoms with E-state index < -0.39 is 0 Å². The average Bonchev–Trinajstić information content (AvgIpc) is 2.80. The summed E-state index contributed by atoms with van der Waals surface area (Å²) in [6.45, 7) is 0.762. The maximum atomic E-state index is 6.66. The van der Waals surface area contributed by atoms with E-state index in [0.717, 1.165) is 48.1 Å². The van der Waals surface area contributed by atoms with Crippen molar-refractivity contribution in [1.82, 2.24) is 0 Å². The summed E-state index contributed by atoms with van der Waals surface area (Å²) >= 11 is 10.2. The molecule has 1 aliphatic carbocycles. The van der Waals surface area contributed by atoms with Crippen LogP contribution >= 0.6 is 27.5 Å². The Kier molecular flexibility index (Phi) is 3.80. The minimum atomic E-state index is -0.0513. The van der Waals surface area contributed by atoms with E-state index in [9.17, 15) is 0 Å². The lowest BCUT2D eigenvalue weighted by Crippen LogP contribution is -2.39. The summed E-state index contributed by atoms with van der Waals surface area (Å²) in [7, 11) is 1.80. The number of fused-ring (bicyclic) bond motifs is 1. The topological polar surface area (TPSA) is 18.5 Å². The second-order valence-electron chi connectivity index (χ2n) is 5.49. The van der Waals surface area contributed by atoms with Gasteiger partial charge >= 0.3 is 0 Å². The monoisotopic (exact) mass is 344 g/mol. The Bertz CT molecular complexity index is 480. The van der Waals surface area contributed by atoms with Gasteiger partial charge in [-0.2, -0.15) is 0 Å². The van der Waals surface area contributed by atoms with Crippen molar-refractivity contribution in [3.63, 3.8) is 0 Å². The lowest BCUT2D eigenvalue weighted by Gasteiger charge is -2.42.